The lowest BCUT2D eigenvalue weighted by molar-refractivity contribution is 0.302. The normalized spacial score (nSPS) is 18.8. The Morgan fingerprint density at radius 3 is 2.88 bits per heavy atom. The van der Waals surface area contributed by atoms with E-state index in [9.17, 15) is 0 Å². The number of nitrogens with two attached hydrogens (primary N) is 1. The van der Waals surface area contributed by atoms with Gasteiger partial charge in [-0.3, -0.25) is 0 Å². The minimum Gasteiger partial charge on any atom is -0.341 e. The maximum Gasteiger partial charge on any atom is 0.205 e. The third-order valence-electron chi connectivity index (χ3n) is 3.11. The Kier molecular flexibility index (Phi) is 3.79. The minimum absolute atomic E-state index is 0.752. The van der Waals surface area contributed by atoms with Crippen LogP contribution in [-0.2, 0) is 7.05 Å². The third-order valence-corrected chi connectivity index (χ3v) is 3.11. The van der Waals surface area contributed by atoms with Crippen LogP contribution in [0.2, 0.25) is 0 Å². The van der Waals surface area contributed by atoms with E-state index in [0.717, 1.165) is 45.2 Å². The largest absolute Gasteiger partial charge is 0.341 e. The van der Waals surface area contributed by atoms with Gasteiger partial charge in [-0.25, -0.2) is 4.98 Å². The lowest BCUT2D eigenvalue weighted by atomic mass is 10.4. The van der Waals surface area contributed by atoms with E-state index in [2.05, 4.69) is 19.4 Å². The molecule has 0 bridgehead atoms. The molecule has 90 valence electrons. The minimum atomic E-state index is 0.752. The van der Waals surface area contributed by atoms with E-state index < -0.39 is 0 Å². The average molecular weight is 223 g/mol. The van der Waals surface area contributed by atoms with Crippen LogP contribution in [0.5, 0.6) is 0 Å². The van der Waals surface area contributed by atoms with Gasteiger partial charge >= 0.3 is 0 Å². The van der Waals surface area contributed by atoms with Crippen molar-refractivity contribution in [2.24, 2.45) is 12.8 Å². The van der Waals surface area contributed by atoms with Crippen LogP contribution in [-0.4, -0.2) is 53.7 Å². The second-order valence-electron chi connectivity index (χ2n) is 4.31. The lowest BCUT2D eigenvalue weighted by Gasteiger charge is -2.22. The summed E-state index contributed by atoms with van der Waals surface area (Å²) >= 11 is 0. The second-order valence-corrected chi connectivity index (χ2v) is 4.31. The Morgan fingerprint density at radius 1 is 1.31 bits per heavy atom. The summed E-state index contributed by atoms with van der Waals surface area (Å²) < 4.78 is 2.08. The molecule has 2 N–H and O–H groups in total. The maximum absolute atomic E-state index is 5.59. The summed E-state index contributed by atoms with van der Waals surface area (Å²) in [4.78, 5) is 9.19. The molecule has 1 fully saturated rings. The first kappa shape index (κ1) is 11.4. The maximum atomic E-state index is 5.59. The van der Waals surface area contributed by atoms with Crippen molar-refractivity contribution in [1.29, 1.82) is 0 Å². The van der Waals surface area contributed by atoms with Crippen LogP contribution in [0.15, 0.2) is 12.4 Å². The molecule has 0 aromatic carbocycles. The molecule has 1 aromatic heterocycles. The molecular weight excluding hydrogens is 202 g/mol. The summed E-state index contributed by atoms with van der Waals surface area (Å²) in [6, 6.07) is 0. The van der Waals surface area contributed by atoms with Gasteiger partial charge in [0, 0.05) is 52.2 Å². The van der Waals surface area contributed by atoms with E-state index in [1.807, 2.05) is 19.4 Å². The molecule has 1 aliphatic heterocycles. The second kappa shape index (κ2) is 5.32. The highest BCUT2D eigenvalue weighted by atomic mass is 15.3. The van der Waals surface area contributed by atoms with E-state index in [4.69, 9.17) is 5.73 Å². The highest BCUT2D eigenvalue weighted by molar-refractivity contribution is 5.31. The summed E-state index contributed by atoms with van der Waals surface area (Å²) in [7, 11) is 2.05. The van der Waals surface area contributed by atoms with Crippen LogP contribution in [0, 0.1) is 0 Å². The Hall–Kier alpha value is -1.07. The number of rotatable bonds is 3. The molecule has 2 rings (SSSR count). The lowest BCUT2D eigenvalue weighted by Crippen LogP contribution is -2.34. The van der Waals surface area contributed by atoms with Crippen molar-refractivity contribution in [3.8, 4) is 0 Å². The highest BCUT2D eigenvalue weighted by Crippen LogP contribution is 2.12. The summed E-state index contributed by atoms with van der Waals surface area (Å²) in [5.74, 6) is 1.08. The van der Waals surface area contributed by atoms with Gasteiger partial charge in [-0.15, -0.1) is 0 Å². The average Bonchev–Trinajstić information content (AvgIpc) is 2.57. The van der Waals surface area contributed by atoms with Gasteiger partial charge in [-0.2, -0.15) is 0 Å². The summed E-state index contributed by atoms with van der Waals surface area (Å²) in [5.41, 5.74) is 5.59. The van der Waals surface area contributed by atoms with Crippen LogP contribution < -0.4 is 10.6 Å². The molecule has 1 aromatic rings. The number of imidazole rings is 1. The predicted octanol–water partition coefficient (Wildman–Crippen LogP) is -0.109. The molecule has 0 amide bonds. The quantitative estimate of drug-likeness (QED) is 0.777. The molecule has 0 saturated carbocycles. The summed E-state index contributed by atoms with van der Waals surface area (Å²) in [5, 5.41) is 0. The fraction of sp³-hybridized carbons (Fsp3) is 0.727. The van der Waals surface area contributed by atoms with Crippen molar-refractivity contribution in [2.45, 2.75) is 6.42 Å². The van der Waals surface area contributed by atoms with Crippen LogP contribution in [0.4, 0.5) is 5.95 Å². The molecule has 0 aliphatic carbocycles. The van der Waals surface area contributed by atoms with Gasteiger partial charge in [0.15, 0.2) is 0 Å². The van der Waals surface area contributed by atoms with E-state index in [1.54, 1.807) is 0 Å². The Bertz CT molecular complexity index is 322. The van der Waals surface area contributed by atoms with Gasteiger partial charge in [0.05, 0.1) is 0 Å². The van der Waals surface area contributed by atoms with Crippen LogP contribution in [0.25, 0.3) is 0 Å². The molecule has 0 unspecified atom stereocenters. The molecule has 1 aliphatic rings. The molecule has 0 spiro atoms. The number of aromatic nitrogens is 2. The Labute approximate surface area is 96.8 Å². The predicted molar refractivity (Wildman–Crippen MR) is 65.5 cm³/mol. The number of aryl methyl sites for hydroxylation is 1. The molecule has 0 radical (unpaired) electrons. The molecular formula is C11H21N5. The van der Waals surface area contributed by atoms with Crippen molar-refractivity contribution in [3.05, 3.63) is 12.4 Å². The van der Waals surface area contributed by atoms with E-state index >= 15 is 0 Å². The van der Waals surface area contributed by atoms with Crippen LogP contribution >= 0.6 is 0 Å². The molecule has 2 heterocycles. The summed E-state index contributed by atoms with van der Waals surface area (Å²) in [6.07, 6.45) is 5.04. The Balaban J connectivity index is 1.96. The first-order valence-corrected chi connectivity index (χ1v) is 5.96. The number of nitrogens with zero attached hydrogens (tertiary/aromatic N) is 4. The first-order chi connectivity index (χ1) is 7.81. The topological polar surface area (TPSA) is 50.3 Å². The van der Waals surface area contributed by atoms with Crippen molar-refractivity contribution in [2.75, 3.05) is 44.2 Å². The van der Waals surface area contributed by atoms with Crippen molar-refractivity contribution >= 4 is 5.95 Å². The third kappa shape index (κ3) is 2.54. The molecule has 5 nitrogen and oxygen atoms in total. The summed E-state index contributed by atoms with van der Waals surface area (Å²) in [6.45, 7) is 6.13. The molecule has 0 atom stereocenters. The molecule has 5 heteroatoms. The van der Waals surface area contributed by atoms with E-state index in [-0.39, 0.29) is 0 Å². The smallest absolute Gasteiger partial charge is 0.205 e. The van der Waals surface area contributed by atoms with E-state index in [1.165, 1.54) is 6.42 Å². The zero-order chi connectivity index (χ0) is 11.4. The van der Waals surface area contributed by atoms with E-state index in [0.29, 0.717) is 0 Å². The van der Waals surface area contributed by atoms with Crippen molar-refractivity contribution in [1.82, 2.24) is 14.5 Å². The number of anilines is 1. The van der Waals surface area contributed by atoms with Crippen molar-refractivity contribution < 1.29 is 0 Å². The van der Waals surface area contributed by atoms with Crippen molar-refractivity contribution in [3.63, 3.8) is 0 Å². The SMILES string of the molecule is Cn1ccnc1N1CCCN(CCN)CC1. The van der Waals surface area contributed by atoms with Gasteiger partial charge in [0.2, 0.25) is 5.95 Å². The fourth-order valence-corrected chi connectivity index (χ4v) is 2.24. The zero-order valence-corrected chi connectivity index (χ0v) is 9.97. The number of hydrogen-bond donors (Lipinski definition) is 1. The highest BCUT2D eigenvalue weighted by Gasteiger charge is 2.16. The Morgan fingerprint density at radius 2 is 2.19 bits per heavy atom. The van der Waals surface area contributed by atoms with Crippen LogP contribution in [0.3, 0.4) is 0 Å². The molecule has 1 saturated heterocycles. The van der Waals surface area contributed by atoms with Gasteiger partial charge < -0.3 is 20.1 Å². The standard InChI is InChI=1S/C11H21N5/c1-14-8-4-13-11(14)16-6-2-5-15(7-3-12)9-10-16/h4,8H,2-3,5-7,9-10,12H2,1H3. The monoisotopic (exact) mass is 223 g/mol. The number of hydrogen-bond acceptors (Lipinski definition) is 4. The zero-order valence-electron chi connectivity index (χ0n) is 9.97. The van der Waals surface area contributed by atoms with Gasteiger partial charge in [0.25, 0.3) is 0 Å². The van der Waals surface area contributed by atoms with Crippen LogP contribution in [0.1, 0.15) is 6.42 Å². The van der Waals surface area contributed by atoms with Gasteiger partial charge in [-0.05, 0) is 13.0 Å². The first-order valence-electron chi connectivity index (χ1n) is 5.96. The van der Waals surface area contributed by atoms with Gasteiger partial charge in [0.1, 0.15) is 0 Å². The fourth-order valence-electron chi connectivity index (χ4n) is 2.24. The molecule has 16 heavy (non-hydrogen) atoms. The van der Waals surface area contributed by atoms with Gasteiger partial charge in [-0.1, -0.05) is 0 Å².